The summed E-state index contributed by atoms with van der Waals surface area (Å²) in [4.78, 5) is 16.7. The van der Waals surface area contributed by atoms with Crippen molar-refractivity contribution in [2.24, 2.45) is 0 Å². The lowest BCUT2D eigenvalue weighted by atomic mass is 10.0. The second-order valence-electron chi connectivity index (χ2n) is 6.59. The Morgan fingerprint density at radius 1 is 1.22 bits per heavy atom. The Morgan fingerprint density at radius 3 is 2.48 bits per heavy atom. The van der Waals surface area contributed by atoms with Crippen LogP contribution in [-0.2, 0) is 11.2 Å². The molecule has 4 nitrogen and oxygen atoms in total. The normalized spacial score (nSPS) is 17.3. The lowest BCUT2D eigenvalue weighted by Gasteiger charge is -2.38. The number of amides is 1. The summed E-state index contributed by atoms with van der Waals surface area (Å²) in [6, 6.07) is 6.68. The highest BCUT2D eigenvalue weighted by molar-refractivity contribution is 5.76. The molecule has 128 valence electrons. The van der Waals surface area contributed by atoms with E-state index in [9.17, 15) is 9.90 Å². The van der Waals surface area contributed by atoms with E-state index < -0.39 is 0 Å². The van der Waals surface area contributed by atoms with Crippen LogP contribution in [0.1, 0.15) is 36.5 Å². The summed E-state index contributed by atoms with van der Waals surface area (Å²) >= 11 is 0. The fraction of sp³-hybridized carbons (Fsp3) is 0.632. The van der Waals surface area contributed by atoms with E-state index in [-0.39, 0.29) is 18.6 Å². The SMILES string of the molecule is CCC(CO)N1CCN(C(=O)CCc2ccc(C)cc2C)CC1. The Kier molecular flexibility index (Phi) is 6.60. The summed E-state index contributed by atoms with van der Waals surface area (Å²) in [7, 11) is 0. The molecule has 1 aromatic carbocycles. The van der Waals surface area contributed by atoms with Crippen molar-refractivity contribution in [3.8, 4) is 0 Å². The van der Waals surface area contributed by atoms with E-state index in [1.54, 1.807) is 0 Å². The molecule has 1 atom stereocenters. The Labute approximate surface area is 140 Å². The van der Waals surface area contributed by atoms with Gasteiger partial charge in [-0.1, -0.05) is 30.7 Å². The molecular formula is C19H30N2O2. The van der Waals surface area contributed by atoms with Crippen molar-refractivity contribution < 1.29 is 9.90 Å². The number of hydrogen-bond donors (Lipinski definition) is 1. The molecule has 1 aliphatic rings. The van der Waals surface area contributed by atoms with Crippen LogP contribution in [0, 0.1) is 13.8 Å². The number of carbonyl (C=O) groups excluding carboxylic acids is 1. The van der Waals surface area contributed by atoms with Crippen molar-refractivity contribution in [1.82, 2.24) is 9.80 Å². The zero-order valence-corrected chi connectivity index (χ0v) is 14.7. The number of rotatable bonds is 6. The molecule has 0 spiro atoms. The molecule has 0 radical (unpaired) electrons. The highest BCUT2D eigenvalue weighted by Crippen LogP contribution is 2.15. The van der Waals surface area contributed by atoms with Crippen LogP contribution in [0.25, 0.3) is 0 Å². The summed E-state index contributed by atoms with van der Waals surface area (Å²) in [6.45, 7) is 9.81. The first-order valence-electron chi connectivity index (χ1n) is 8.74. The highest BCUT2D eigenvalue weighted by Gasteiger charge is 2.24. The van der Waals surface area contributed by atoms with Gasteiger partial charge >= 0.3 is 0 Å². The Hall–Kier alpha value is -1.39. The monoisotopic (exact) mass is 318 g/mol. The van der Waals surface area contributed by atoms with Gasteiger partial charge in [0.25, 0.3) is 0 Å². The molecular weight excluding hydrogens is 288 g/mol. The quantitative estimate of drug-likeness (QED) is 0.874. The summed E-state index contributed by atoms with van der Waals surface area (Å²) in [5, 5.41) is 9.39. The smallest absolute Gasteiger partial charge is 0.222 e. The van der Waals surface area contributed by atoms with Gasteiger partial charge in [0.1, 0.15) is 0 Å². The first-order valence-corrected chi connectivity index (χ1v) is 8.74. The zero-order chi connectivity index (χ0) is 16.8. The minimum atomic E-state index is 0.206. The first-order chi connectivity index (χ1) is 11.0. The molecule has 0 aliphatic carbocycles. The van der Waals surface area contributed by atoms with Crippen LogP contribution in [0.2, 0.25) is 0 Å². The van der Waals surface area contributed by atoms with Gasteiger partial charge in [-0.25, -0.2) is 0 Å². The van der Waals surface area contributed by atoms with E-state index in [0.717, 1.165) is 39.0 Å². The zero-order valence-electron chi connectivity index (χ0n) is 14.7. The minimum Gasteiger partial charge on any atom is -0.395 e. The van der Waals surface area contributed by atoms with E-state index in [2.05, 4.69) is 43.9 Å². The molecule has 0 bridgehead atoms. The van der Waals surface area contributed by atoms with Crippen LogP contribution in [0.5, 0.6) is 0 Å². The van der Waals surface area contributed by atoms with Crippen molar-refractivity contribution in [2.45, 2.75) is 46.1 Å². The molecule has 1 fully saturated rings. The maximum atomic E-state index is 12.4. The Balaban J connectivity index is 1.81. The van der Waals surface area contributed by atoms with Crippen molar-refractivity contribution in [3.63, 3.8) is 0 Å². The fourth-order valence-electron chi connectivity index (χ4n) is 3.37. The molecule has 1 amide bonds. The summed E-state index contributed by atoms with van der Waals surface area (Å²) in [5.41, 5.74) is 3.81. The molecule has 1 saturated heterocycles. The molecule has 1 aliphatic heterocycles. The van der Waals surface area contributed by atoms with Crippen LogP contribution in [0.15, 0.2) is 18.2 Å². The number of piperazine rings is 1. The summed E-state index contributed by atoms with van der Waals surface area (Å²) in [5.74, 6) is 0.252. The predicted octanol–water partition coefficient (Wildman–Crippen LogP) is 2.15. The maximum Gasteiger partial charge on any atom is 0.222 e. The van der Waals surface area contributed by atoms with E-state index >= 15 is 0 Å². The van der Waals surface area contributed by atoms with Gasteiger partial charge in [0.15, 0.2) is 0 Å². The second-order valence-corrected chi connectivity index (χ2v) is 6.59. The third-order valence-electron chi connectivity index (χ3n) is 4.97. The van der Waals surface area contributed by atoms with Gasteiger partial charge in [-0.15, -0.1) is 0 Å². The average Bonchev–Trinajstić information content (AvgIpc) is 2.55. The molecule has 1 aromatic rings. The van der Waals surface area contributed by atoms with Crippen LogP contribution >= 0.6 is 0 Å². The summed E-state index contributed by atoms with van der Waals surface area (Å²) in [6.07, 6.45) is 2.36. The molecule has 23 heavy (non-hydrogen) atoms. The topological polar surface area (TPSA) is 43.8 Å². The molecule has 4 heteroatoms. The van der Waals surface area contributed by atoms with E-state index in [1.807, 2.05) is 4.90 Å². The van der Waals surface area contributed by atoms with Gasteiger partial charge in [0.05, 0.1) is 6.61 Å². The van der Waals surface area contributed by atoms with Gasteiger partial charge in [-0.2, -0.15) is 0 Å². The van der Waals surface area contributed by atoms with Gasteiger partial charge < -0.3 is 10.0 Å². The largest absolute Gasteiger partial charge is 0.395 e. The predicted molar refractivity (Wildman–Crippen MR) is 93.6 cm³/mol. The third-order valence-corrected chi connectivity index (χ3v) is 4.97. The number of aliphatic hydroxyl groups is 1. The lowest BCUT2D eigenvalue weighted by Crippen LogP contribution is -2.52. The van der Waals surface area contributed by atoms with E-state index in [4.69, 9.17) is 0 Å². The van der Waals surface area contributed by atoms with Gasteiger partial charge in [-0.05, 0) is 37.8 Å². The number of aliphatic hydroxyl groups excluding tert-OH is 1. The molecule has 1 unspecified atom stereocenters. The average molecular weight is 318 g/mol. The Morgan fingerprint density at radius 2 is 1.91 bits per heavy atom. The molecule has 2 rings (SSSR count). The second kappa shape index (κ2) is 8.46. The molecule has 1 N–H and O–H groups in total. The van der Waals surface area contributed by atoms with Crippen LogP contribution < -0.4 is 0 Å². The van der Waals surface area contributed by atoms with Crippen molar-refractivity contribution >= 4 is 5.91 Å². The van der Waals surface area contributed by atoms with E-state index in [1.165, 1.54) is 16.7 Å². The third kappa shape index (κ3) is 4.79. The number of benzene rings is 1. The minimum absolute atomic E-state index is 0.206. The maximum absolute atomic E-state index is 12.4. The number of carbonyl (C=O) groups is 1. The van der Waals surface area contributed by atoms with Crippen LogP contribution in [0.4, 0.5) is 0 Å². The van der Waals surface area contributed by atoms with Crippen LogP contribution in [-0.4, -0.2) is 59.6 Å². The molecule has 0 saturated carbocycles. The number of aryl methyl sites for hydroxylation is 3. The molecule has 1 heterocycles. The van der Waals surface area contributed by atoms with Crippen molar-refractivity contribution in [2.75, 3.05) is 32.8 Å². The fourth-order valence-corrected chi connectivity index (χ4v) is 3.37. The van der Waals surface area contributed by atoms with Gasteiger partial charge in [0.2, 0.25) is 5.91 Å². The van der Waals surface area contributed by atoms with Crippen molar-refractivity contribution in [3.05, 3.63) is 34.9 Å². The highest BCUT2D eigenvalue weighted by atomic mass is 16.3. The van der Waals surface area contributed by atoms with Gasteiger partial charge in [0, 0.05) is 38.6 Å². The number of nitrogens with zero attached hydrogens (tertiary/aromatic N) is 2. The number of hydrogen-bond acceptors (Lipinski definition) is 3. The van der Waals surface area contributed by atoms with Gasteiger partial charge in [-0.3, -0.25) is 9.69 Å². The lowest BCUT2D eigenvalue weighted by molar-refractivity contribution is -0.133. The van der Waals surface area contributed by atoms with E-state index in [0.29, 0.717) is 6.42 Å². The summed E-state index contributed by atoms with van der Waals surface area (Å²) < 4.78 is 0. The Bertz CT molecular complexity index is 518. The van der Waals surface area contributed by atoms with Crippen molar-refractivity contribution in [1.29, 1.82) is 0 Å². The van der Waals surface area contributed by atoms with Crippen LogP contribution in [0.3, 0.4) is 0 Å². The first kappa shape index (κ1) is 18.0. The standard InChI is InChI=1S/C19H30N2O2/c1-4-18(14-22)20-9-11-21(12-10-20)19(23)8-7-17-6-5-15(2)13-16(17)3/h5-6,13,18,22H,4,7-12,14H2,1-3H3. The molecule has 0 aromatic heterocycles.